The maximum atomic E-state index is 11.7. The highest BCUT2D eigenvalue weighted by atomic mass is 79.9. The first kappa shape index (κ1) is 10.6. The molecule has 4 heteroatoms. The third kappa shape index (κ3) is 1.58. The number of halogens is 1. The van der Waals surface area contributed by atoms with Gasteiger partial charge in [-0.3, -0.25) is 4.79 Å². The Morgan fingerprint density at radius 3 is 2.80 bits per heavy atom. The molecule has 0 saturated heterocycles. The number of hydrogen-bond donors (Lipinski definition) is 2. The van der Waals surface area contributed by atoms with Crippen molar-refractivity contribution >= 4 is 27.5 Å². The van der Waals surface area contributed by atoms with Gasteiger partial charge in [0.15, 0.2) is 0 Å². The van der Waals surface area contributed by atoms with Crippen LogP contribution in [0.3, 0.4) is 0 Å². The highest BCUT2D eigenvalue weighted by Crippen LogP contribution is 2.42. The first-order chi connectivity index (χ1) is 6.93. The zero-order valence-corrected chi connectivity index (χ0v) is 10.1. The van der Waals surface area contributed by atoms with E-state index in [9.17, 15) is 9.90 Å². The van der Waals surface area contributed by atoms with E-state index in [2.05, 4.69) is 21.2 Å². The van der Waals surface area contributed by atoms with Gasteiger partial charge in [-0.2, -0.15) is 0 Å². The molecule has 1 aliphatic rings. The summed E-state index contributed by atoms with van der Waals surface area (Å²) < 4.78 is 0.883. The molecule has 1 atom stereocenters. The Morgan fingerprint density at radius 2 is 2.13 bits per heavy atom. The Bertz CT molecular complexity index is 429. The lowest BCUT2D eigenvalue weighted by atomic mass is 9.78. The largest absolute Gasteiger partial charge is 0.387 e. The number of aliphatic hydroxyl groups excluding tert-OH is 1. The molecule has 0 aromatic heterocycles. The molecular formula is C11H12BrNO2. The molecule has 2 rings (SSSR count). The lowest BCUT2D eigenvalue weighted by Gasteiger charge is -2.35. The SMILES string of the molecule is CC1(C)C(=O)Nc2cc(Br)ccc2[C@@H]1O. The Hall–Kier alpha value is -0.870. The number of anilines is 1. The Kier molecular flexibility index (Phi) is 2.35. The molecule has 1 heterocycles. The van der Waals surface area contributed by atoms with Crippen molar-refractivity contribution < 1.29 is 9.90 Å². The number of hydrogen-bond acceptors (Lipinski definition) is 2. The van der Waals surface area contributed by atoms with Gasteiger partial charge in [0.1, 0.15) is 0 Å². The lowest BCUT2D eigenvalue weighted by molar-refractivity contribution is -0.130. The number of carbonyl (C=O) groups is 1. The van der Waals surface area contributed by atoms with Crippen LogP contribution in [-0.2, 0) is 4.79 Å². The van der Waals surface area contributed by atoms with Crippen molar-refractivity contribution in [1.29, 1.82) is 0 Å². The monoisotopic (exact) mass is 269 g/mol. The predicted molar refractivity (Wildman–Crippen MR) is 61.5 cm³/mol. The van der Waals surface area contributed by atoms with E-state index >= 15 is 0 Å². The summed E-state index contributed by atoms with van der Waals surface area (Å²) in [5.74, 6) is -0.152. The topological polar surface area (TPSA) is 49.3 Å². The third-order valence-corrected chi connectivity index (χ3v) is 3.32. The molecule has 2 N–H and O–H groups in total. The number of benzene rings is 1. The third-order valence-electron chi connectivity index (χ3n) is 2.83. The molecule has 0 spiro atoms. The van der Waals surface area contributed by atoms with Gasteiger partial charge < -0.3 is 10.4 Å². The van der Waals surface area contributed by atoms with E-state index in [4.69, 9.17) is 0 Å². The number of fused-ring (bicyclic) bond motifs is 1. The fourth-order valence-corrected chi connectivity index (χ4v) is 2.03. The van der Waals surface area contributed by atoms with Crippen molar-refractivity contribution in [2.24, 2.45) is 5.41 Å². The van der Waals surface area contributed by atoms with Gasteiger partial charge in [-0.25, -0.2) is 0 Å². The number of amides is 1. The molecule has 3 nitrogen and oxygen atoms in total. The molecule has 0 bridgehead atoms. The van der Waals surface area contributed by atoms with Crippen LogP contribution in [0.15, 0.2) is 22.7 Å². The van der Waals surface area contributed by atoms with Gasteiger partial charge in [0.05, 0.1) is 11.5 Å². The fourth-order valence-electron chi connectivity index (χ4n) is 1.67. The van der Waals surface area contributed by atoms with E-state index in [1.807, 2.05) is 12.1 Å². The van der Waals surface area contributed by atoms with Gasteiger partial charge in [-0.05, 0) is 26.0 Å². The van der Waals surface area contributed by atoms with Gasteiger partial charge in [0, 0.05) is 15.7 Å². The molecule has 1 aliphatic heterocycles. The van der Waals surface area contributed by atoms with E-state index in [0.717, 1.165) is 10.0 Å². The number of aliphatic hydroxyl groups is 1. The van der Waals surface area contributed by atoms with Crippen molar-refractivity contribution in [1.82, 2.24) is 0 Å². The molecule has 0 unspecified atom stereocenters. The molecular weight excluding hydrogens is 258 g/mol. The molecule has 0 saturated carbocycles. The minimum Gasteiger partial charge on any atom is -0.387 e. The molecule has 0 fully saturated rings. The van der Waals surface area contributed by atoms with Gasteiger partial charge in [-0.1, -0.05) is 22.0 Å². The lowest BCUT2D eigenvalue weighted by Crippen LogP contribution is -2.40. The van der Waals surface area contributed by atoms with Crippen LogP contribution < -0.4 is 5.32 Å². The van der Waals surface area contributed by atoms with Crippen LogP contribution in [0.2, 0.25) is 0 Å². The standard InChI is InChI=1S/C11H12BrNO2/c1-11(2)9(14)7-4-3-6(12)5-8(7)13-10(11)15/h3-5,9,14H,1-2H3,(H,13,15)/t9-/m0/s1. The van der Waals surface area contributed by atoms with Gasteiger partial charge in [0.25, 0.3) is 0 Å². The molecule has 15 heavy (non-hydrogen) atoms. The summed E-state index contributed by atoms with van der Waals surface area (Å²) >= 11 is 3.33. The summed E-state index contributed by atoms with van der Waals surface area (Å²) in [7, 11) is 0. The van der Waals surface area contributed by atoms with E-state index in [-0.39, 0.29) is 5.91 Å². The van der Waals surface area contributed by atoms with Crippen molar-refractivity contribution in [3.63, 3.8) is 0 Å². The van der Waals surface area contributed by atoms with E-state index in [1.54, 1.807) is 19.9 Å². The first-order valence-corrected chi connectivity index (χ1v) is 5.51. The first-order valence-electron chi connectivity index (χ1n) is 4.72. The average Bonchev–Trinajstić information content (AvgIpc) is 2.15. The summed E-state index contributed by atoms with van der Waals surface area (Å²) in [6, 6.07) is 5.48. The van der Waals surface area contributed by atoms with Gasteiger partial charge in [0.2, 0.25) is 5.91 Å². The number of carbonyl (C=O) groups excluding carboxylic acids is 1. The predicted octanol–water partition coefficient (Wildman–Crippen LogP) is 2.46. The second kappa shape index (κ2) is 3.32. The molecule has 80 valence electrons. The fraction of sp³-hybridized carbons (Fsp3) is 0.364. The summed E-state index contributed by atoms with van der Waals surface area (Å²) in [6.45, 7) is 3.47. The van der Waals surface area contributed by atoms with Crippen LogP contribution in [0, 0.1) is 5.41 Å². The van der Waals surface area contributed by atoms with Crippen molar-refractivity contribution in [3.05, 3.63) is 28.2 Å². The molecule has 0 aliphatic carbocycles. The smallest absolute Gasteiger partial charge is 0.233 e. The normalized spacial score (nSPS) is 23.2. The minimum atomic E-state index is -0.777. The van der Waals surface area contributed by atoms with E-state index < -0.39 is 11.5 Å². The summed E-state index contributed by atoms with van der Waals surface area (Å²) in [4.78, 5) is 11.7. The molecule has 1 aromatic rings. The van der Waals surface area contributed by atoms with Gasteiger partial charge in [-0.15, -0.1) is 0 Å². The molecule has 1 amide bonds. The average molecular weight is 270 g/mol. The minimum absolute atomic E-state index is 0.152. The summed E-state index contributed by atoms with van der Waals surface area (Å²) in [5.41, 5.74) is 0.671. The van der Waals surface area contributed by atoms with Crippen LogP contribution in [0.5, 0.6) is 0 Å². The van der Waals surface area contributed by atoms with E-state index in [0.29, 0.717) is 5.69 Å². The summed E-state index contributed by atoms with van der Waals surface area (Å²) in [5, 5.41) is 12.9. The van der Waals surface area contributed by atoms with E-state index in [1.165, 1.54) is 0 Å². The maximum Gasteiger partial charge on any atom is 0.233 e. The summed E-state index contributed by atoms with van der Waals surface area (Å²) in [6.07, 6.45) is -0.755. The quantitative estimate of drug-likeness (QED) is 0.760. The Morgan fingerprint density at radius 1 is 1.47 bits per heavy atom. The Labute approximate surface area is 96.6 Å². The van der Waals surface area contributed by atoms with Crippen LogP contribution in [0.1, 0.15) is 25.5 Å². The van der Waals surface area contributed by atoms with Crippen molar-refractivity contribution in [2.75, 3.05) is 5.32 Å². The van der Waals surface area contributed by atoms with Crippen LogP contribution in [0.25, 0.3) is 0 Å². The second-order valence-electron chi connectivity index (χ2n) is 4.31. The number of nitrogens with one attached hydrogen (secondary N) is 1. The number of rotatable bonds is 0. The second-order valence-corrected chi connectivity index (χ2v) is 5.23. The Balaban J connectivity index is 2.55. The molecule has 0 radical (unpaired) electrons. The zero-order valence-electron chi connectivity index (χ0n) is 8.54. The van der Waals surface area contributed by atoms with Crippen molar-refractivity contribution in [2.45, 2.75) is 20.0 Å². The molecule has 1 aromatic carbocycles. The highest BCUT2D eigenvalue weighted by molar-refractivity contribution is 9.10. The van der Waals surface area contributed by atoms with Crippen LogP contribution >= 0.6 is 15.9 Å². The van der Waals surface area contributed by atoms with Gasteiger partial charge >= 0.3 is 0 Å². The van der Waals surface area contributed by atoms with Crippen molar-refractivity contribution in [3.8, 4) is 0 Å². The maximum absolute atomic E-state index is 11.7. The highest BCUT2D eigenvalue weighted by Gasteiger charge is 2.41. The van der Waals surface area contributed by atoms with Crippen LogP contribution in [-0.4, -0.2) is 11.0 Å². The zero-order chi connectivity index (χ0) is 11.2. The van der Waals surface area contributed by atoms with Crippen LogP contribution in [0.4, 0.5) is 5.69 Å².